The van der Waals surface area contributed by atoms with Crippen molar-refractivity contribution >= 4 is 11.8 Å². The lowest BCUT2D eigenvalue weighted by Crippen LogP contribution is -2.39. The van der Waals surface area contributed by atoms with Gasteiger partial charge in [0.05, 0.1) is 6.20 Å². The van der Waals surface area contributed by atoms with Crippen LogP contribution in [-0.2, 0) is 0 Å². The summed E-state index contributed by atoms with van der Waals surface area (Å²) in [6.45, 7) is 8.17. The maximum atomic E-state index is 13.7. The van der Waals surface area contributed by atoms with Crippen LogP contribution in [-0.4, -0.2) is 47.1 Å². The normalized spacial score (nSPS) is 17.1. The molecule has 1 aromatic rings. The predicted octanol–water partition coefficient (Wildman–Crippen LogP) is 2.33. The highest BCUT2D eigenvalue weighted by atomic mass is 19.1. The maximum Gasteiger partial charge on any atom is 0.224 e. The molecule has 1 aliphatic rings. The number of anilines is 2. The summed E-state index contributed by atoms with van der Waals surface area (Å²) in [5.41, 5.74) is 0. The standard InChI is InChI=1S/C14H24FN5/c1-3-7-20-8-5-11(6-9-20)18-13-12(15)10-17-14(19-13)16-4-2/h10-11H,3-9H2,1-2H3,(H2,16,17,18,19). The van der Waals surface area contributed by atoms with Crippen molar-refractivity contribution in [3.63, 3.8) is 0 Å². The summed E-state index contributed by atoms with van der Waals surface area (Å²) in [7, 11) is 0. The molecule has 0 aromatic carbocycles. The Morgan fingerprint density at radius 2 is 2.10 bits per heavy atom. The van der Waals surface area contributed by atoms with E-state index in [1.165, 1.54) is 12.6 Å². The minimum Gasteiger partial charge on any atom is -0.365 e. The van der Waals surface area contributed by atoms with Crippen LogP contribution in [0, 0.1) is 5.82 Å². The zero-order valence-corrected chi connectivity index (χ0v) is 12.3. The van der Waals surface area contributed by atoms with E-state index in [9.17, 15) is 4.39 Å². The number of hydrogen-bond acceptors (Lipinski definition) is 5. The first-order chi connectivity index (χ1) is 9.72. The number of aromatic nitrogens is 2. The molecule has 2 N–H and O–H groups in total. The first kappa shape index (κ1) is 15.0. The van der Waals surface area contributed by atoms with Gasteiger partial charge in [-0.2, -0.15) is 4.98 Å². The summed E-state index contributed by atoms with van der Waals surface area (Å²) in [5.74, 6) is 0.396. The van der Waals surface area contributed by atoms with Gasteiger partial charge in [-0.15, -0.1) is 0 Å². The molecule has 2 heterocycles. The van der Waals surface area contributed by atoms with E-state index in [4.69, 9.17) is 0 Å². The highest BCUT2D eigenvalue weighted by molar-refractivity contribution is 5.41. The molecule has 1 saturated heterocycles. The number of likely N-dealkylation sites (tertiary alicyclic amines) is 1. The van der Waals surface area contributed by atoms with E-state index in [1.54, 1.807) is 0 Å². The first-order valence-electron chi connectivity index (χ1n) is 7.48. The number of halogens is 1. The van der Waals surface area contributed by atoms with Gasteiger partial charge in [-0.1, -0.05) is 6.92 Å². The van der Waals surface area contributed by atoms with Crippen LogP contribution >= 0.6 is 0 Å². The smallest absolute Gasteiger partial charge is 0.224 e. The van der Waals surface area contributed by atoms with Gasteiger partial charge < -0.3 is 15.5 Å². The molecule has 1 fully saturated rings. The lowest BCUT2D eigenvalue weighted by atomic mass is 10.0. The number of rotatable bonds is 6. The van der Waals surface area contributed by atoms with Crippen molar-refractivity contribution in [3.05, 3.63) is 12.0 Å². The summed E-state index contributed by atoms with van der Waals surface area (Å²) < 4.78 is 13.7. The van der Waals surface area contributed by atoms with Gasteiger partial charge in [-0.05, 0) is 32.7 Å². The molecule has 20 heavy (non-hydrogen) atoms. The van der Waals surface area contributed by atoms with Crippen molar-refractivity contribution in [2.75, 3.05) is 36.8 Å². The monoisotopic (exact) mass is 281 g/mol. The lowest BCUT2D eigenvalue weighted by Gasteiger charge is -2.32. The molecule has 0 radical (unpaired) electrons. The van der Waals surface area contributed by atoms with Crippen molar-refractivity contribution < 1.29 is 4.39 Å². The highest BCUT2D eigenvalue weighted by Gasteiger charge is 2.20. The average molecular weight is 281 g/mol. The fraction of sp³-hybridized carbons (Fsp3) is 0.714. The third kappa shape index (κ3) is 4.03. The molecule has 1 aromatic heterocycles. The number of piperidine rings is 1. The van der Waals surface area contributed by atoms with E-state index < -0.39 is 0 Å². The molecule has 0 unspecified atom stereocenters. The molecule has 2 rings (SSSR count). The Balaban J connectivity index is 1.92. The molecule has 0 atom stereocenters. The van der Waals surface area contributed by atoms with Gasteiger partial charge in [0, 0.05) is 25.7 Å². The second-order valence-corrected chi connectivity index (χ2v) is 5.18. The average Bonchev–Trinajstić information content (AvgIpc) is 2.45. The van der Waals surface area contributed by atoms with Crippen LogP contribution < -0.4 is 10.6 Å². The van der Waals surface area contributed by atoms with Gasteiger partial charge >= 0.3 is 0 Å². The molecule has 0 bridgehead atoms. The van der Waals surface area contributed by atoms with E-state index in [2.05, 4.69) is 32.4 Å². The van der Waals surface area contributed by atoms with E-state index >= 15 is 0 Å². The van der Waals surface area contributed by atoms with Crippen LogP contribution in [0.15, 0.2) is 6.20 Å². The van der Waals surface area contributed by atoms with E-state index in [0.717, 1.165) is 39.0 Å². The summed E-state index contributed by atoms with van der Waals surface area (Å²) in [6.07, 6.45) is 4.46. The quantitative estimate of drug-likeness (QED) is 0.838. The fourth-order valence-electron chi connectivity index (χ4n) is 2.52. The Morgan fingerprint density at radius 3 is 2.75 bits per heavy atom. The fourth-order valence-corrected chi connectivity index (χ4v) is 2.52. The van der Waals surface area contributed by atoms with Crippen LogP contribution in [0.5, 0.6) is 0 Å². The third-order valence-electron chi connectivity index (χ3n) is 3.55. The molecule has 0 spiro atoms. The SMILES string of the molecule is CCCN1CCC(Nc2nc(NCC)ncc2F)CC1. The minimum atomic E-state index is -0.386. The second kappa shape index (κ2) is 7.38. The largest absolute Gasteiger partial charge is 0.365 e. The van der Waals surface area contributed by atoms with Crippen molar-refractivity contribution in [3.8, 4) is 0 Å². The molecular formula is C14H24FN5. The van der Waals surface area contributed by atoms with E-state index in [0.29, 0.717) is 17.8 Å². The van der Waals surface area contributed by atoms with Crippen molar-refractivity contribution in [1.82, 2.24) is 14.9 Å². The Hall–Kier alpha value is -1.43. The number of hydrogen-bond donors (Lipinski definition) is 2. The lowest BCUT2D eigenvalue weighted by molar-refractivity contribution is 0.219. The molecule has 112 valence electrons. The van der Waals surface area contributed by atoms with Crippen molar-refractivity contribution in [2.45, 2.75) is 39.2 Å². The van der Waals surface area contributed by atoms with E-state index in [1.807, 2.05) is 6.92 Å². The maximum absolute atomic E-state index is 13.7. The molecule has 6 heteroatoms. The van der Waals surface area contributed by atoms with Crippen LogP contribution in [0.2, 0.25) is 0 Å². The Morgan fingerprint density at radius 1 is 1.35 bits per heavy atom. The topological polar surface area (TPSA) is 53.1 Å². The first-order valence-corrected chi connectivity index (χ1v) is 7.48. The summed E-state index contributed by atoms with van der Waals surface area (Å²) in [5, 5.41) is 6.22. The molecule has 0 amide bonds. The van der Waals surface area contributed by atoms with Crippen molar-refractivity contribution in [2.24, 2.45) is 0 Å². The summed E-state index contributed by atoms with van der Waals surface area (Å²) in [4.78, 5) is 10.6. The zero-order chi connectivity index (χ0) is 14.4. The van der Waals surface area contributed by atoms with Crippen LogP contribution in [0.4, 0.5) is 16.2 Å². The van der Waals surface area contributed by atoms with Crippen LogP contribution in [0.1, 0.15) is 33.1 Å². The Labute approximate surface area is 120 Å². The minimum absolute atomic E-state index is 0.294. The summed E-state index contributed by atoms with van der Waals surface area (Å²) in [6, 6.07) is 0.294. The van der Waals surface area contributed by atoms with Crippen LogP contribution in [0.3, 0.4) is 0 Å². The van der Waals surface area contributed by atoms with Gasteiger partial charge in [0.1, 0.15) is 0 Å². The van der Waals surface area contributed by atoms with Gasteiger partial charge in [0.25, 0.3) is 0 Å². The zero-order valence-electron chi connectivity index (χ0n) is 12.3. The molecule has 0 aliphatic carbocycles. The molecule has 5 nitrogen and oxygen atoms in total. The second-order valence-electron chi connectivity index (χ2n) is 5.18. The highest BCUT2D eigenvalue weighted by Crippen LogP contribution is 2.18. The van der Waals surface area contributed by atoms with E-state index in [-0.39, 0.29) is 5.82 Å². The Kier molecular flexibility index (Phi) is 5.52. The molecule has 0 saturated carbocycles. The predicted molar refractivity (Wildman–Crippen MR) is 79.5 cm³/mol. The van der Waals surface area contributed by atoms with Gasteiger partial charge in [0.2, 0.25) is 5.95 Å². The van der Waals surface area contributed by atoms with Gasteiger partial charge in [-0.3, -0.25) is 0 Å². The van der Waals surface area contributed by atoms with Gasteiger partial charge in [0.15, 0.2) is 11.6 Å². The van der Waals surface area contributed by atoms with Gasteiger partial charge in [-0.25, -0.2) is 9.37 Å². The van der Waals surface area contributed by atoms with Crippen LogP contribution in [0.25, 0.3) is 0 Å². The third-order valence-corrected chi connectivity index (χ3v) is 3.55. The summed E-state index contributed by atoms with van der Waals surface area (Å²) >= 11 is 0. The molecular weight excluding hydrogens is 257 g/mol. The van der Waals surface area contributed by atoms with Crippen molar-refractivity contribution in [1.29, 1.82) is 0 Å². The Bertz CT molecular complexity index is 418. The molecule has 1 aliphatic heterocycles. The number of nitrogens with zero attached hydrogens (tertiary/aromatic N) is 3. The number of nitrogens with one attached hydrogen (secondary N) is 2.